The highest BCUT2D eigenvalue weighted by molar-refractivity contribution is 5.94. The first-order chi connectivity index (χ1) is 15.1. The maximum Gasteiger partial charge on any atom is 0.251 e. The van der Waals surface area contributed by atoms with Crippen LogP contribution in [0.1, 0.15) is 48.1 Å². The summed E-state index contributed by atoms with van der Waals surface area (Å²) in [5.74, 6) is 1.42. The van der Waals surface area contributed by atoms with Crippen molar-refractivity contribution >= 4 is 16.9 Å². The van der Waals surface area contributed by atoms with Crippen LogP contribution >= 0.6 is 0 Å². The molecule has 0 aliphatic carbocycles. The first-order valence-electron chi connectivity index (χ1n) is 11.0. The molecule has 0 fully saturated rings. The molecule has 0 aliphatic rings. The fourth-order valence-corrected chi connectivity index (χ4v) is 3.87. The molecule has 0 aliphatic heterocycles. The SMILES string of the molecule is CC(C)CCn1c([C@H](Cc2ccccc2)NC(=O)c2ccccc2)nc2ccccc21. The van der Waals surface area contributed by atoms with Crippen LogP contribution in [0.15, 0.2) is 84.9 Å². The maximum absolute atomic E-state index is 13.1. The largest absolute Gasteiger partial charge is 0.342 e. The molecule has 0 spiro atoms. The molecular weight excluding hydrogens is 382 g/mol. The van der Waals surface area contributed by atoms with Crippen molar-refractivity contribution in [1.29, 1.82) is 0 Å². The molecule has 158 valence electrons. The molecule has 4 heteroatoms. The van der Waals surface area contributed by atoms with Gasteiger partial charge < -0.3 is 9.88 Å². The summed E-state index contributed by atoms with van der Waals surface area (Å²) in [6, 6.07) is 27.7. The second-order valence-electron chi connectivity index (χ2n) is 8.37. The predicted octanol–water partition coefficient (Wildman–Crippen LogP) is 5.80. The van der Waals surface area contributed by atoms with E-state index in [1.54, 1.807) is 0 Å². The summed E-state index contributed by atoms with van der Waals surface area (Å²) < 4.78 is 2.29. The number of para-hydroxylation sites is 2. The van der Waals surface area contributed by atoms with E-state index in [0.717, 1.165) is 29.8 Å². The third-order valence-electron chi connectivity index (χ3n) is 5.55. The zero-order valence-corrected chi connectivity index (χ0v) is 18.2. The van der Waals surface area contributed by atoms with E-state index >= 15 is 0 Å². The summed E-state index contributed by atoms with van der Waals surface area (Å²) in [5, 5.41) is 3.26. The van der Waals surface area contributed by atoms with E-state index in [1.807, 2.05) is 60.7 Å². The number of aryl methyl sites for hydroxylation is 1. The molecule has 3 aromatic carbocycles. The van der Waals surface area contributed by atoms with Gasteiger partial charge in [-0.15, -0.1) is 0 Å². The number of nitrogens with one attached hydrogen (secondary N) is 1. The Hall–Kier alpha value is -3.40. The minimum atomic E-state index is -0.227. The number of hydrogen-bond acceptors (Lipinski definition) is 2. The van der Waals surface area contributed by atoms with Crippen LogP contribution in [0.3, 0.4) is 0 Å². The van der Waals surface area contributed by atoms with Crippen molar-refractivity contribution < 1.29 is 4.79 Å². The van der Waals surface area contributed by atoms with Gasteiger partial charge >= 0.3 is 0 Å². The van der Waals surface area contributed by atoms with E-state index in [1.165, 1.54) is 5.56 Å². The Morgan fingerprint density at radius 2 is 1.55 bits per heavy atom. The van der Waals surface area contributed by atoms with Crippen molar-refractivity contribution in [3.05, 3.63) is 102 Å². The van der Waals surface area contributed by atoms with Crippen molar-refractivity contribution in [3.8, 4) is 0 Å². The smallest absolute Gasteiger partial charge is 0.251 e. The number of fused-ring (bicyclic) bond motifs is 1. The summed E-state index contributed by atoms with van der Waals surface area (Å²) in [4.78, 5) is 18.0. The van der Waals surface area contributed by atoms with Gasteiger partial charge in [-0.05, 0) is 48.6 Å². The third kappa shape index (κ3) is 5.02. The molecule has 0 radical (unpaired) electrons. The second-order valence-corrected chi connectivity index (χ2v) is 8.37. The molecule has 0 bridgehead atoms. The summed E-state index contributed by atoms with van der Waals surface area (Å²) in [7, 11) is 0. The first-order valence-corrected chi connectivity index (χ1v) is 11.0. The number of rotatable bonds is 8. The average molecular weight is 412 g/mol. The molecule has 1 N–H and O–H groups in total. The Labute approximate surface area is 183 Å². The lowest BCUT2D eigenvalue weighted by Gasteiger charge is -2.21. The van der Waals surface area contributed by atoms with E-state index < -0.39 is 0 Å². The molecule has 1 heterocycles. The van der Waals surface area contributed by atoms with E-state index in [2.05, 4.69) is 48.0 Å². The number of imidazole rings is 1. The molecule has 1 aromatic heterocycles. The molecule has 0 saturated carbocycles. The first kappa shape index (κ1) is 20.9. The maximum atomic E-state index is 13.1. The highest BCUT2D eigenvalue weighted by Gasteiger charge is 2.23. The highest BCUT2D eigenvalue weighted by Crippen LogP contribution is 2.25. The van der Waals surface area contributed by atoms with Gasteiger partial charge in [0.15, 0.2) is 0 Å². The fraction of sp³-hybridized carbons (Fsp3) is 0.259. The zero-order valence-electron chi connectivity index (χ0n) is 18.2. The van der Waals surface area contributed by atoms with E-state index in [4.69, 9.17) is 4.98 Å². The number of carbonyl (C=O) groups excluding carboxylic acids is 1. The molecule has 31 heavy (non-hydrogen) atoms. The van der Waals surface area contributed by atoms with Crippen LogP contribution in [0, 0.1) is 5.92 Å². The van der Waals surface area contributed by atoms with Crippen LogP contribution < -0.4 is 5.32 Å². The van der Waals surface area contributed by atoms with Gasteiger partial charge in [0.05, 0.1) is 17.1 Å². The normalized spacial score (nSPS) is 12.2. The standard InChI is InChI=1S/C27H29N3O/c1-20(2)17-18-30-25-16-10-9-15-23(25)28-26(30)24(19-21-11-5-3-6-12-21)29-27(31)22-13-7-4-8-14-22/h3-16,20,24H,17-19H2,1-2H3,(H,29,31)/t24-/m0/s1. The number of amides is 1. The lowest BCUT2D eigenvalue weighted by molar-refractivity contribution is 0.0934. The minimum absolute atomic E-state index is 0.0796. The molecule has 1 amide bonds. The summed E-state index contributed by atoms with van der Waals surface area (Å²) >= 11 is 0. The van der Waals surface area contributed by atoms with Gasteiger partial charge in [0.25, 0.3) is 5.91 Å². The van der Waals surface area contributed by atoms with E-state index in [9.17, 15) is 4.79 Å². The van der Waals surface area contributed by atoms with Gasteiger partial charge in [-0.1, -0.05) is 74.5 Å². The van der Waals surface area contributed by atoms with Gasteiger partial charge in [-0.2, -0.15) is 0 Å². The molecule has 4 rings (SSSR count). The highest BCUT2D eigenvalue weighted by atomic mass is 16.1. The second kappa shape index (κ2) is 9.61. The Morgan fingerprint density at radius 3 is 2.26 bits per heavy atom. The van der Waals surface area contributed by atoms with Crippen LogP contribution in [0.4, 0.5) is 0 Å². The zero-order chi connectivity index (χ0) is 21.6. The van der Waals surface area contributed by atoms with Crippen molar-refractivity contribution in [3.63, 3.8) is 0 Å². The van der Waals surface area contributed by atoms with Crippen LogP contribution in [0.25, 0.3) is 11.0 Å². The lowest BCUT2D eigenvalue weighted by Crippen LogP contribution is -2.32. The summed E-state index contributed by atoms with van der Waals surface area (Å²) in [6.07, 6.45) is 1.74. The topological polar surface area (TPSA) is 46.9 Å². The summed E-state index contributed by atoms with van der Waals surface area (Å²) in [5.41, 5.74) is 3.91. The van der Waals surface area contributed by atoms with Gasteiger partial charge in [0.1, 0.15) is 5.82 Å². The Kier molecular flexibility index (Phi) is 6.46. The fourth-order valence-electron chi connectivity index (χ4n) is 3.87. The quantitative estimate of drug-likeness (QED) is 0.398. The number of carbonyl (C=O) groups is 1. The Bertz CT molecular complexity index is 1130. The van der Waals surface area contributed by atoms with Crippen molar-refractivity contribution in [2.24, 2.45) is 5.92 Å². The Morgan fingerprint density at radius 1 is 0.903 bits per heavy atom. The molecule has 0 unspecified atom stereocenters. The van der Waals surface area contributed by atoms with Gasteiger partial charge in [-0.25, -0.2) is 4.98 Å². The van der Waals surface area contributed by atoms with Crippen LogP contribution in [-0.2, 0) is 13.0 Å². The van der Waals surface area contributed by atoms with Crippen LogP contribution in [0.2, 0.25) is 0 Å². The molecule has 4 aromatic rings. The molecule has 1 atom stereocenters. The van der Waals surface area contributed by atoms with Crippen LogP contribution in [-0.4, -0.2) is 15.5 Å². The van der Waals surface area contributed by atoms with Gasteiger partial charge in [0.2, 0.25) is 0 Å². The summed E-state index contributed by atoms with van der Waals surface area (Å²) in [6.45, 7) is 5.34. The number of benzene rings is 3. The number of nitrogens with zero attached hydrogens (tertiary/aromatic N) is 2. The predicted molar refractivity (Wildman–Crippen MR) is 126 cm³/mol. The van der Waals surface area contributed by atoms with Crippen molar-refractivity contribution in [2.75, 3.05) is 0 Å². The van der Waals surface area contributed by atoms with E-state index in [-0.39, 0.29) is 11.9 Å². The Balaban J connectivity index is 1.74. The number of aromatic nitrogens is 2. The van der Waals surface area contributed by atoms with Crippen molar-refractivity contribution in [2.45, 2.75) is 39.3 Å². The molecular formula is C27H29N3O. The average Bonchev–Trinajstić information content (AvgIpc) is 3.17. The minimum Gasteiger partial charge on any atom is -0.342 e. The third-order valence-corrected chi connectivity index (χ3v) is 5.55. The lowest BCUT2D eigenvalue weighted by atomic mass is 10.0. The van der Waals surface area contributed by atoms with Crippen LogP contribution in [0.5, 0.6) is 0 Å². The molecule has 0 saturated heterocycles. The van der Waals surface area contributed by atoms with Gasteiger partial charge in [-0.3, -0.25) is 4.79 Å². The monoisotopic (exact) mass is 411 g/mol. The number of hydrogen-bond donors (Lipinski definition) is 1. The van der Waals surface area contributed by atoms with E-state index in [0.29, 0.717) is 17.9 Å². The van der Waals surface area contributed by atoms with Crippen molar-refractivity contribution in [1.82, 2.24) is 14.9 Å². The van der Waals surface area contributed by atoms with Gasteiger partial charge in [0, 0.05) is 12.1 Å². The molecule has 4 nitrogen and oxygen atoms in total.